The van der Waals surface area contributed by atoms with Crippen LogP contribution in [0, 0.1) is 11.6 Å². The Morgan fingerprint density at radius 2 is 1.47 bits per heavy atom. The fourth-order valence-electron chi connectivity index (χ4n) is 2.73. The Morgan fingerprint density at radius 3 is 2.07 bits per heavy atom. The van der Waals surface area contributed by atoms with Gasteiger partial charge in [0, 0.05) is 23.5 Å². The summed E-state index contributed by atoms with van der Waals surface area (Å²) in [5.41, 5.74) is 1.74. The number of urea groups is 1. The third-order valence-corrected chi connectivity index (χ3v) is 5.79. The summed E-state index contributed by atoms with van der Waals surface area (Å²) in [6, 6.07) is 16.6. The van der Waals surface area contributed by atoms with Gasteiger partial charge in [0.2, 0.25) is 10.0 Å². The number of halogens is 2. The summed E-state index contributed by atoms with van der Waals surface area (Å²) in [6.45, 7) is 1.59. The van der Waals surface area contributed by atoms with Gasteiger partial charge in [-0.25, -0.2) is 26.7 Å². The first kappa shape index (κ1) is 21.4. The lowest BCUT2D eigenvalue weighted by atomic mass is 10.1. The van der Waals surface area contributed by atoms with Crippen LogP contribution < -0.4 is 15.4 Å². The molecule has 0 saturated heterocycles. The number of anilines is 2. The van der Waals surface area contributed by atoms with E-state index in [9.17, 15) is 22.0 Å². The van der Waals surface area contributed by atoms with Crippen molar-refractivity contribution < 1.29 is 22.0 Å². The van der Waals surface area contributed by atoms with Crippen molar-refractivity contribution in [3.8, 4) is 0 Å². The first-order chi connectivity index (χ1) is 14.2. The van der Waals surface area contributed by atoms with Gasteiger partial charge in [-0.15, -0.1) is 0 Å². The van der Waals surface area contributed by atoms with Crippen LogP contribution in [0.2, 0.25) is 0 Å². The van der Waals surface area contributed by atoms with Crippen molar-refractivity contribution in [2.45, 2.75) is 17.9 Å². The highest BCUT2D eigenvalue weighted by molar-refractivity contribution is 7.89. The van der Waals surface area contributed by atoms with E-state index < -0.39 is 38.6 Å². The lowest BCUT2D eigenvalue weighted by Gasteiger charge is -2.16. The average Bonchev–Trinajstić information content (AvgIpc) is 2.68. The molecule has 3 rings (SSSR count). The van der Waals surface area contributed by atoms with E-state index in [2.05, 4.69) is 15.4 Å². The molecule has 0 saturated carbocycles. The fraction of sp³-hybridized carbons (Fsp3) is 0.0952. The predicted octanol–water partition coefficient (Wildman–Crippen LogP) is 4.65. The second-order valence-corrected chi connectivity index (χ2v) is 8.17. The van der Waals surface area contributed by atoms with E-state index in [1.54, 1.807) is 55.5 Å². The van der Waals surface area contributed by atoms with E-state index in [1.165, 1.54) is 0 Å². The van der Waals surface area contributed by atoms with Crippen LogP contribution in [0.15, 0.2) is 77.7 Å². The summed E-state index contributed by atoms with van der Waals surface area (Å²) in [7, 11) is -4.19. The molecule has 156 valence electrons. The first-order valence-corrected chi connectivity index (χ1v) is 10.4. The van der Waals surface area contributed by atoms with Crippen LogP contribution in [0.4, 0.5) is 25.0 Å². The lowest BCUT2D eigenvalue weighted by molar-refractivity contribution is 0.262. The molecule has 1 atom stereocenters. The molecule has 0 aromatic heterocycles. The van der Waals surface area contributed by atoms with Crippen molar-refractivity contribution in [3.05, 3.63) is 90.0 Å². The van der Waals surface area contributed by atoms with Crippen LogP contribution in [-0.2, 0) is 10.0 Å². The highest BCUT2D eigenvalue weighted by atomic mass is 32.2. The molecule has 0 heterocycles. The van der Waals surface area contributed by atoms with E-state index in [-0.39, 0.29) is 0 Å². The SMILES string of the molecule is CC(NS(=O)(=O)c1ccc(F)cc1F)c1ccc(NC(=O)Nc2ccccc2)cc1. The van der Waals surface area contributed by atoms with E-state index >= 15 is 0 Å². The molecular formula is C21H19F2N3O3S. The minimum atomic E-state index is -4.19. The van der Waals surface area contributed by atoms with Gasteiger partial charge in [-0.3, -0.25) is 0 Å². The molecule has 1 unspecified atom stereocenters. The summed E-state index contributed by atoms with van der Waals surface area (Å²) >= 11 is 0. The van der Waals surface area contributed by atoms with Gasteiger partial charge in [0.1, 0.15) is 16.5 Å². The number of hydrogen-bond acceptors (Lipinski definition) is 3. The Bertz CT molecular complexity index is 1140. The Morgan fingerprint density at radius 1 is 0.867 bits per heavy atom. The molecule has 3 aromatic rings. The highest BCUT2D eigenvalue weighted by Crippen LogP contribution is 2.21. The Labute approximate surface area is 173 Å². The van der Waals surface area contributed by atoms with Crippen LogP contribution in [0.1, 0.15) is 18.5 Å². The van der Waals surface area contributed by atoms with E-state index in [1.807, 2.05) is 6.07 Å². The summed E-state index contributed by atoms with van der Waals surface area (Å²) in [6.07, 6.45) is 0. The van der Waals surface area contributed by atoms with E-state index in [0.29, 0.717) is 23.0 Å². The first-order valence-electron chi connectivity index (χ1n) is 8.95. The Hall–Kier alpha value is -3.30. The van der Waals surface area contributed by atoms with Crippen molar-refractivity contribution in [1.29, 1.82) is 0 Å². The van der Waals surface area contributed by atoms with Crippen molar-refractivity contribution in [2.24, 2.45) is 0 Å². The molecule has 0 spiro atoms. The third kappa shape index (κ3) is 5.40. The zero-order valence-corrected chi connectivity index (χ0v) is 16.7. The molecule has 0 fully saturated rings. The van der Waals surface area contributed by atoms with Gasteiger partial charge >= 0.3 is 6.03 Å². The maximum atomic E-state index is 13.8. The standard InChI is InChI=1S/C21H19F2N3O3S/c1-14(26-30(28,29)20-12-9-16(22)13-19(20)23)15-7-10-18(11-8-15)25-21(27)24-17-5-3-2-4-6-17/h2-14,26H,1H3,(H2,24,25,27). The van der Waals surface area contributed by atoms with Gasteiger partial charge in [-0.1, -0.05) is 30.3 Å². The maximum absolute atomic E-state index is 13.8. The number of para-hydroxylation sites is 1. The smallest absolute Gasteiger partial charge is 0.308 e. The van der Waals surface area contributed by atoms with Crippen LogP contribution in [0.3, 0.4) is 0 Å². The number of benzene rings is 3. The number of rotatable bonds is 6. The molecule has 0 radical (unpaired) electrons. The Balaban J connectivity index is 1.64. The van der Waals surface area contributed by atoms with Gasteiger partial charge in [-0.05, 0) is 48.9 Å². The molecule has 0 bridgehead atoms. The fourth-order valence-corrected chi connectivity index (χ4v) is 4.02. The number of carbonyl (C=O) groups is 1. The zero-order chi connectivity index (χ0) is 21.7. The average molecular weight is 431 g/mol. The minimum absolute atomic E-state index is 0.422. The molecule has 2 amide bonds. The molecule has 9 heteroatoms. The molecule has 3 N–H and O–H groups in total. The van der Waals surface area contributed by atoms with Crippen LogP contribution in [-0.4, -0.2) is 14.4 Å². The summed E-state index contributed by atoms with van der Waals surface area (Å²) in [5, 5.41) is 5.35. The van der Waals surface area contributed by atoms with Gasteiger partial charge in [-0.2, -0.15) is 0 Å². The highest BCUT2D eigenvalue weighted by Gasteiger charge is 2.22. The van der Waals surface area contributed by atoms with Crippen molar-refractivity contribution >= 4 is 27.4 Å². The van der Waals surface area contributed by atoms with Gasteiger partial charge in [0.25, 0.3) is 0 Å². The molecule has 3 aromatic carbocycles. The van der Waals surface area contributed by atoms with Gasteiger partial charge in [0.05, 0.1) is 0 Å². The van der Waals surface area contributed by atoms with Crippen molar-refractivity contribution in [3.63, 3.8) is 0 Å². The number of nitrogens with one attached hydrogen (secondary N) is 3. The van der Waals surface area contributed by atoms with E-state index in [0.717, 1.165) is 12.1 Å². The predicted molar refractivity (Wildman–Crippen MR) is 111 cm³/mol. The van der Waals surface area contributed by atoms with Crippen molar-refractivity contribution in [2.75, 3.05) is 10.6 Å². The third-order valence-electron chi connectivity index (χ3n) is 4.22. The summed E-state index contributed by atoms with van der Waals surface area (Å²) in [4.78, 5) is 11.4. The number of carbonyl (C=O) groups excluding carboxylic acids is 1. The topological polar surface area (TPSA) is 87.3 Å². The van der Waals surface area contributed by atoms with E-state index in [4.69, 9.17) is 0 Å². The van der Waals surface area contributed by atoms with Crippen LogP contribution in [0.25, 0.3) is 0 Å². The second-order valence-electron chi connectivity index (χ2n) is 6.48. The minimum Gasteiger partial charge on any atom is -0.308 e. The quantitative estimate of drug-likeness (QED) is 0.531. The van der Waals surface area contributed by atoms with Gasteiger partial charge in [0.15, 0.2) is 0 Å². The molecular weight excluding hydrogens is 412 g/mol. The maximum Gasteiger partial charge on any atom is 0.323 e. The number of hydrogen-bond donors (Lipinski definition) is 3. The Kier molecular flexibility index (Phi) is 6.43. The zero-order valence-electron chi connectivity index (χ0n) is 15.9. The normalized spacial score (nSPS) is 12.2. The number of amides is 2. The van der Waals surface area contributed by atoms with Crippen LogP contribution >= 0.6 is 0 Å². The summed E-state index contributed by atoms with van der Waals surface area (Å²) in [5.74, 6) is -2.03. The lowest BCUT2D eigenvalue weighted by Crippen LogP contribution is -2.27. The molecule has 0 aliphatic heterocycles. The van der Waals surface area contributed by atoms with Crippen molar-refractivity contribution in [1.82, 2.24) is 4.72 Å². The largest absolute Gasteiger partial charge is 0.323 e. The summed E-state index contributed by atoms with van der Waals surface area (Å²) < 4.78 is 54.0. The molecule has 0 aliphatic carbocycles. The van der Waals surface area contributed by atoms with Gasteiger partial charge < -0.3 is 10.6 Å². The molecule has 0 aliphatic rings. The number of sulfonamides is 1. The van der Waals surface area contributed by atoms with Crippen LogP contribution in [0.5, 0.6) is 0 Å². The second kappa shape index (κ2) is 9.02. The molecule has 30 heavy (non-hydrogen) atoms. The molecule has 6 nitrogen and oxygen atoms in total. The monoisotopic (exact) mass is 431 g/mol.